The Kier molecular flexibility index (Phi) is 19.1. The number of hydrogen-bond donors (Lipinski definition) is 3. The maximum absolute atomic E-state index is 11.2. The number of aliphatic carboxylic acids is 2. The molecule has 3 unspecified atom stereocenters. The maximum atomic E-state index is 11.2. The third-order valence-corrected chi connectivity index (χ3v) is 6.78. The Morgan fingerprint density at radius 2 is 1.56 bits per heavy atom. The van der Waals surface area contributed by atoms with Crippen LogP contribution in [0.3, 0.4) is 0 Å². The van der Waals surface area contributed by atoms with Crippen molar-refractivity contribution in [2.75, 3.05) is 5.88 Å². The molecule has 0 saturated carbocycles. The van der Waals surface area contributed by atoms with Gasteiger partial charge < -0.3 is 20.2 Å². The normalized spacial score (nSPS) is 14.2. The largest absolute Gasteiger partial charge is 0.481 e. The van der Waals surface area contributed by atoms with Gasteiger partial charge in [0, 0.05) is 6.42 Å². The van der Waals surface area contributed by atoms with Gasteiger partial charge in [-0.3, -0.25) is 9.59 Å². The van der Waals surface area contributed by atoms with E-state index in [1.165, 1.54) is 75.0 Å². The first-order valence-corrected chi connectivity index (χ1v) is 13.0. The van der Waals surface area contributed by atoms with Crippen LogP contribution >= 0.6 is 11.8 Å². The van der Waals surface area contributed by atoms with Gasteiger partial charge in [0.1, 0.15) is 6.04 Å². The second-order valence-corrected chi connectivity index (χ2v) is 9.43. The van der Waals surface area contributed by atoms with Gasteiger partial charge >= 0.3 is 11.9 Å². The third kappa shape index (κ3) is 16.1. The summed E-state index contributed by atoms with van der Waals surface area (Å²) in [4.78, 5) is 34.3. The first kappa shape index (κ1) is 30.5. The van der Waals surface area contributed by atoms with Gasteiger partial charge in [-0.15, -0.1) is 11.8 Å². The summed E-state index contributed by atoms with van der Waals surface area (Å²) < 4.78 is 0. The predicted octanol–water partition coefficient (Wildman–Crippen LogP) is 5.07. The minimum absolute atomic E-state index is 0.00683. The number of hydrogen-bond acceptors (Lipinski definition) is 5. The Morgan fingerprint density at radius 3 is 2.09 bits per heavy atom. The molecule has 3 atom stereocenters. The van der Waals surface area contributed by atoms with E-state index in [4.69, 9.17) is 10.2 Å². The quantitative estimate of drug-likeness (QED) is 0.0870. The lowest BCUT2D eigenvalue weighted by atomic mass is 10.1. The summed E-state index contributed by atoms with van der Waals surface area (Å²) in [5.41, 5.74) is 0. The topological polar surface area (TPSA) is 115 Å². The summed E-state index contributed by atoms with van der Waals surface area (Å²) in [6.45, 7) is 3.66. The molecule has 0 aliphatic heterocycles. The zero-order chi connectivity index (χ0) is 24.2. The highest BCUT2D eigenvalue weighted by molar-refractivity contribution is 8.00. The lowest BCUT2D eigenvalue weighted by Gasteiger charge is -2.25. The number of nitrogens with zero attached hydrogens (tertiary/aromatic N) is 1. The average Bonchev–Trinajstić information content (AvgIpc) is 2.75. The molecule has 0 spiro atoms. The molecule has 1 amide bonds. The van der Waals surface area contributed by atoms with Crippen LogP contribution in [0.25, 0.3) is 0 Å². The molecule has 186 valence electrons. The van der Waals surface area contributed by atoms with Crippen LogP contribution in [0.15, 0.2) is 12.2 Å². The molecule has 0 fully saturated rings. The van der Waals surface area contributed by atoms with Crippen molar-refractivity contribution in [3.05, 3.63) is 12.2 Å². The van der Waals surface area contributed by atoms with Crippen molar-refractivity contribution in [3.8, 4) is 0 Å². The van der Waals surface area contributed by atoms with Crippen molar-refractivity contribution in [2.45, 2.75) is 115 Å². The standard InChI is InChI=1S/C24H43NO6S/c1-3-4-5-6-7-8-9-10-11-12-13-16-22(21(27)15-14-17-23(28)29)32-19-25(18-26)20(2)24(30)31/h13,16,18,20-22,27H,3-12,14-15,17,19H2,1-2H3,(H,28,29)(H,30,31)/b16-13-. The van der Waals surface area contributed by atoms with Gasteiger partial charge in [0.05, 0.1) is 17.2 Å². The second-order valence-electron chi connectivity index (χ2n) is 8.29. The van der Waals surface area contributed by atoms with Gasteiger partial charge in [-0.25, -0.2) is 4.79 Å². The van der Waals surface area contributed by atoms with Gasteiger partial charge in [0.25, 0.3) is 0 Å². The number of carbonyl (C=O) groups is 3. The molecular formula is C24H43NO6S. The number of aliphatic hydroxyl groups is 1. The number of carbonyl (C=O) groups excluding carboxylic acids is 1. The van der Waals surface area contributed by atoms with Gasteiger partial charge in [0.2, 0.25) is 6.41 Å². The Labute approximate surface area is 197 Å². The summed E-state index contributed by atoms with van der Waals surface area (Å²) >= 11 is 1.30. The molecule has 0 aromatic heterocycles. The first-order valence-electron chi connectivity index (χ1n) is 11.9. The highest BCUT2D eigenvalue weighted by atomic mass is 32.2. The highest BCUT2D eigenvalue weighted by Gasteiger charge is 2.23. The second kappa shape index (κ2) is 20.1. The molecule has 0 saturated heterocycles. The number of allylic oxidation sites excluding steroid dienone is 1. The lowest BCUT2D eigenvalue weighted by molar-refractivity contribution is -0.145. The Morgan fingerprint density at radius 1 is 0.969 bits per heavy atom. The van der Waals surface area contributed by atoms with Crippen LogP contribution in [0.4, 0.5) is 0 Å². The summed E-state index contributed by atoms with van der Waals surface area (Å²) in [7, 11) is 0. The molecule has 0 aromatic carbocycles. The number of carboxylic acids is 2. The fraction of sp³-hybridized carbons (Fsp3) is 0.792. The Hall–Kier alpha value is -1.54. The van der Waals surface area contributed by atoms with Crippen molar-refractivity contribution in [3.63, 3.8) is 0 Å². The Bertz CT molecular complexity index is 543. The molecule has 3 N–H and O–H groups in total. The van der Waals surface area contributed by atoms with E-state index in [1.54, 1.807) is 0 Å². The first-order chi connectivity index (χ1) is 15.3. The van der Waals surface area contributed by atoms with Gasteiger partial charge in [0.15, 0.2) is 0 Å². The molecular weight excluding hydrogens is 430 g/mol. The average molecular weight is 474 g/mol. The summed E-state index contributed by atoms with van der Waals surface area (Å²) in [6, 6.07) is -0.948. The van der Waals surface area contributed by atoms with Crippen molar-refractivity contribution in [1.82, 2.24) is 4.90 Å². The van der Waals surface area contributed by atoms with E-state index in [0.29, 0.717) is 19.3 Å². The molecule has 0 rings (SSSR count). The van der Waals surface area contributed by atoms with Crippen LogP contribution in [0, 0.1) is 0 Å². The van der Waals surface area contributed by atoms with E-state index < -0.39 is 24.1 Å². The molecule has 0 bridgehead atoms. The summed E-state index contributed by atoms with van der Waals surface area (Å²) in [6.07, 6.45) is 16.6. The number of unbranched alkanes of at least 4 members (excludes halogenated alkanes) is 9. The monoisotopic (exact) mass is 473 g/mol. The fourth-order valence-corrected chi connectivity index (χ4v) is 4.48. The molecule has 8 heteroatoms. The van der Waals surface area contributed by atoms with Crippen LogP contribution in [0.5, 0.6) is 0 Å². The molecule has 7 nitrogen and oxygen atoms in total. The van der Waals surface area contributed by atoms with E-state index in [2.05, 4.69) is 6.92 Å². The number of thioether (sulfide) groups is 1. The third-order valence-electron chi connectivity index (χ3n) is 5.48. The van der Waals surface area contributed by atoms with Crippen molar-refractivity contribution in [1.29, 1.82) is 0 Å². The van der Waals surface area contributed by atoms with Gasteiger partial charge in [-0.1, -0.05) is 70.4 Å². The molecule has 0 aliphatic carbocycles. The van der Waals surface area contributed by atoms with Crippen molar-refractivity contribution >= 4 is 30.1 Å². The summed E-state index contributed by atoms with van der Waals surface area (Å²) in [5.74, 6) is -1.85. The van der Waals surface area contributed by atoms with E-state index in [-0.39, 0.29) is 17.5 Å². The lowest BCUT2D eigenvalue weighted by Crippen LogP contribution is -2.38. The number of amides is 1. The SMILES string of the molecule is CCCCCCCCCCC/C=C\C(SCN(C=O)C(C)C(=O)O)C(O)CCCC(=O)O. The van der Waals surface area contributed by atoms with E-state index in [1.807, 2.05) is 12.2 Å². The Balaban J connectivity index is 4.49. The minimum Gasteiger partial charge on any atom is -0.481 e. The fourth-order valence-electron chi connectivity index (χ4n) is 3.27. The van der Waals surface area contributed by atoms with Crippen molar-refractivity contribution in [2.24, 2.45) is 0 Å². The predicted molar refractivity (Wildman–Crippen MR) is 130 cm³/mol. The molecule has 0 heterocycles. The zero-order valence-electron chi connectivity index (χ0n) is 19.8. The molecule has 0 radical (unpaired) electrons. The number of rotatable bonds is 22. The molecule has 0 aliphatic rings. The van der Waals surface area contributed by atoms with Gasteiger partial charge in [-0.2, -0.15) is 0 Å². The highest BCUT2D eigenvalue weighted by Crippen LogP contribution is 2.22. The maximum Gasteiger partial charge on any atom is 0.326 e. The summed E-state index contributed by atoms with van der Waals surface area (Å²) in [5, 5.41) is 28.1. The molecule has 32 heavy (non-hydrogen) atoms. The molecule has 0 aromatic rings. The van der Waals surface area contributed by atoms with Crippen LogP contribution in [0.1, 0.15) is 97.3 Å². The van der Waals surface area contributed by atoms with Crippen LogP contribution in [0.2, 0.25) is 0 Å². The van der Waals surface area contributed by atoms with E-state index >= 15 is 0 Å². The number of aliphatic hydroxyl groups excluding tert-OH is 1. The number of carboxylic acid groups (broad SMARTS) is 2. The minimum atomic E-state index is -1.09. The van der Waals surface area contributed by atoms with Crippen LogP contribution in [-0.4, -0.2) is 61.8 Å². The van der Waals surface area contributed by atoms with E-state index in [0.717, 1.165) is 12.8 Å². The van der Waals surface area contributed by atoms with Gasteiger partial charge in [-0.05, 0) is 32.6 Å². The van der Waals surface area contributed by atoms with E-state index in [9.17, 15) is 19.5 Å². The van der Waals surface area contributed by atoms with Crippen LogP contribution in [-0.2, 0) is 14.4 Å². The smallest absolute Gasteiger partial charge is 0.326 e. The van der Waals surface area contributed by atoms with Crippen LogP contribution < -0.4 is 0 Å². The van der Waals surface area contributed by atoms with Crippen molar-refractivity contribution < 1.29 is 29.7 Å². The zero-order valence-corrected chi connectivity index (χ0v) is 20.6.